The van der Waals surface area contributed by atoms with Gasteiger partial charge in [0.15, 0.2) is 0 Å². The third-order valence-electron chi connectivity index (χ3n) is 2.93. The number of thiophene rings is 1. The number of benzene rings is 1. The van der Waals surface area contributed by atoms with Gasteiger partial charge < -0.3 is 10.2 Å². The maximum absolute atomic E-state index is 12.4. The van der Waals surface area contributed by atoms with E-state index in [0.717, 1.165) is 17.5 Å². The molecule has 3 N–H and O–H groups in total. The van der Waals surface area contributed by atoms with E-state index >= 15 is 0 Å². The number of aromatic nitrogens is 2. The minimum atomic E-state index is -4.16. The highest BCUT2D eigenvalue weighted by Crippen LogP contribution is 2.30. The van der Waals surface area contributed by atoms with Gasteiger partial charge in [0.2, 0.25) is 5.88 Å². The average Bonchev–Trinajstić information content (AvgIpc) is 3.01. The molecule has 22 heavy (non-hydrogen) atoms. The number of imidazole rings is 1. The molecule has 114 valence electrons. The van der Waals surface area contributed by atoms with Crippen molar-refractivity contribution >= 4 is 37.4 Å². The summed E-state index contributed by atoms with van der Waals surface area (Å²) in [6, 6.07) is 5.51. The Morgan fingerprint density at radius 2 is 2.00 bits per heavy atom. The van der Waals surface area contributed by atoms with Crippen LogP contribution in [0.25, 0.3) is 10.1 Å². The number of aromatic amines is 1. The molecule has 0 aliphatic rings. The molecule has 0 aliphatic heterocycles. The number of nitrogens with one attached hydrogen (secondary N) is 1. The summed E-state index contributed by atoms with van der Waals surface area (Å²) >= 11 is 0.901. The molecule has 8 nitrogen and oxygen atoms in total. The van der Waals surface area contributed by atoms with Crippen LogP contribution in [0, 0.1) is 0 Å². The molecule has 0 fully saturated rings. The van der Waals surface area contributed by atoms with Crippen molar-refractivity contribution in [3.8, 4) is 5.88 Å². The molecule has 3 aromatic rings. The zero-order valence-electron chi connectivity index (χ0n) is 10.7. The van der Waals surface area contributed by atoms with E-state index in [1.165, 1.54) is 24.3 Å². The zero-order chi connectivity index (χ0) is 16.1. The fourth-order valence-corrected chi connectivity index (χ4v) is 4.60. The van der Waals surface area contributed by atoms with Crippen molar-refractivity contribution in [2.45, 2.75) is 4.21 Å². The molecule has 0 saturated carbocycles. The third-order valence-corrected chi connectivity index (χ3v) is 6.14. The first kappa shape index (κ1) is 14.4. The highest BCUT2D eigenvalue weighted by atomic mass is 32.2. The first-order valence-electron chi connectivity index (χ1n) is 5.82. The van der Waals surface area contributed by atoms with Crippen molar-refractivity contribution < 1.29 is 23.4 Å². The van der Waals surface area contributed by atoms with Crippen LogP contribution < -0.4 is 5.69 Å². The normalized spacial score (nSPS) is 11.8. The molecule has 0 amide bonds. The number of hydrogen-bond donors (Lipinski definition) is 3. The Bertz CT molecular complexity index is 1060. The fraction of sp³-hybridized carbons (Fsp3) is 0. The van der Waals surface area contributed by atoms with Gasteiger partial charge in [0.25, 0.3) is 10.0 Å². The molecule has 3 rings (SSSR count). The lowest BCUT2D eigenvalue weighted by molar-refractivity contribution is 0.0697. The summed E-state index contributed by atoms with van der Waals surface area (Å²) < 4.78 is 25.6. The van der Waals surface area contributed by atoms with E-state index in [2.05, 4.69) is 0 Å². The summed E-state index contributed by atoms with van der Waals surface area (Å²) in [6.07, 6.45) is 0.769. The Hall–Kier alpha value is -2.59. The van der Waals surface area contributed by atoms with Crippen LogP contribution in [-0.4, -0.2) is 33.6 Å². The molecule has 0 radical (unpaired) electrons. The van der Waals surface area contributed by atoms with Crippen LogP contribution in [0.4, 0.5) is 0 Å². The van der Waals surface area contributed by atoms with Crippen molar-refractivity contribution in [3.05, 3.63) is 46.5 Å². The van der Waals surface area contributed by atoms with Gasteiger partial charge in [-0.25, -0.2) is 9.59 Å². The predicted molar refractivity (Wildman–Crippen MR) is 78.1 cm³/mol. The second kappa shape index (κ2) is 4.71. The van der Waals surface area contributed by atoms with Crippen LogP contribution in [0.2, 0.25) is 0 Å². The number of carbonyl (C=O) groups is 1. The summed E-state index contributed by atoms with van der Waals surface area (Å²) in [7, 11) is -4.16. The van der Waals surface area contributed by atoms with Gasteiger partial charge in [-0.3, -0.25) is 4.98 Å². The van der Waals surface area contributed by atoms with E-state index in [1.807, 2.05) is 4.98 Å². The molecule has 0 saturated heterocycles. The van der Waals surface area contributed by atoms with E-state index in [1.54, 1.807) is 0 Å². The van der Waals surface area contributed by atoms with Crippen LogP contribution in [0.15, 0.2) is 39.5 Å². The summed E-state index contributed by atoms with van der Waals surface area (Å²) in [5.41, 5.74) is -0.952. The fourth-order valence-electron chi connectivity index (χ4n) is 1.92. The van der Waals surface area contributed by atoms with E-state index in [4.69, 9.17) is 5.11 Å². The molecule has 0 unspecified atom stereocenters. The number of carboxylic acids is 1. The SMILES string of the molecule is O=C(O)c1ccc2sc(S(=O)(=O)n3cc(O)[nH]c3=O)cc2c1. The highest BCUT2D eigenvalue weighted by Gasteiger charge is 2.23. The Morgan fingerprint density at radius 1 is 1.27 bits per heavy atom. The molecule has 0 aliphatic carbocycles. The summed E-state index contributed by atoms with van der Waals surface area (Å²) in [5.74, 6) is -1.69. The smallest absolute Gasteiger partial charge is 0.342 e. The lowest BCUT2D eigenvalue weighted by Crippen LogP contribution is -2.23. The number of aromatic hydroxyl groups is 1. The highest BCUT2D eigenvalue weighted by molar-refractivity contribution is 7.92. The summed E-state index contributed by atoms with van der Waals surface area (Å²) in [5, 5.41) is 18.6. The van der Waals surface area contributed by atoms with Crippen molar-refractivity contribution in [1.29, 1.82) is 0 Å². The maximum atomic E-state index is 12.4. The third kappa shape index (κ3) is 2.18. The van der Waals surface area contributed by atoms with Gasteiger partial charge in [-0.2, -0.15) is 12.4 Å². The average molecular weight is 340 g/mol. The lowest BCUT2D eigenvalue weighted by atomic mass is 10.2. The number of rotatable bonds is 3. The first-order valence-corrected chi connectivity index (χ1v) is 8.08. The maximum Gasteiger partial charge on any atom is 0.342 e. The van der Waals surface area contributed by atoms with Crippen molar-refractivity contribution in [2.75, 3.05) is 0 Å². The van der Waals surface area contributed by atoms with Crippen LogP contribution in [0.1, 0.15) is 10.4 Å². The Morgan fingerprint density at radius 3 is 2.59 bits per heavy atom. The topological polar surface area (TPSA) is 129 Å². The number of fused-ring (bicyclic) bond motifs is 1. The van der Waals surface area contributed by atoms with Crippen molar-refractivity contribution in [2.24, 2.45) is 0 Å². The molecule has 10 heteroatoms. The predicted octanol–water partition coefficient (Wildman–Crippen LogP) is 1.03. The largest absolute Gasteiger partial charge is 0.493 e. The Balaban J connectivity index is 2.19. The number of hydrogen-bond acceptors (Lipinski definition) is 6. The van der Waals surface area contributed by atoms with Crippen LogP contribution in [0.5, 0.6) is 5.88 Å². The van der Waals surface area contributed by atoms with E-state index in [9.17, 15) is 23.1 Å². The Labute approximate surface area is 126 Å². The van der Waals surface area contributed by atoms with Gasteiger partial charge in [-0.1, -0.05) is 0 Å². The Kier molecular flexibility index (Phi) is 3.07. The van der Waals surface area contributed by atoms with Gasteiger partial charge in [-0.15, -0.1) is 11.3 Å². The van der Waals surface area contributed by atoms with Crippen molar-refractivity contribution in [3.63, 3.8) is 0 Å². The van der Waals surface area contributed by atoms with E-state index < -0.39 is 27.6 Å². The molecule has 0 spiro atoms. The summed E-state index contributed by atoms with van der Waals surface area (Å²) in [6.45, 7) is 0. The van der Waals surface area contributed by atoms with Crippen LogP contribution in [-0.2, 0) is 10.0 Å². The van der Waals surface area contributed by atoms with Crippen LogP contribution >= 0.6 is 11.3 Å². The monoisotopic (exact) mass is 340 g/mol. The molecule has 0 atom stereocenters. The lowest BCUT2D eigenvalue weighted by Gasteiger charge is -1.99. The van der Waals surface area contributed by atoms with Gasteiger partial charge >= 0.3 is 11.7 Å². The number of nitrogens with zero attached hydrogens (tertiary/aromatic N) is 1. The molecular formula is C12H8N2O6S2. The standard InChI is InChI=1S/C12H8N2O6S2/c15-9-5-14(12(18)13-9)22(19,20)10-4-7-3-6(11(16)17)1-2-8(7)21-10/h1-5,15H,(H,13,18)(H,16,17). The van der Waals surface area contributed by atoms with Gasteiger partial charge in [0.05, 0.1) is 11.8 Å². The molecule has 1 aromatic carbocycles. The number of aromatic carboxylic acids is 1. The second-order valence-electron chi connectivity index (χ2n) is 4.37. The molecular weight excluding hydrogens is 332 g/mol. The number of carboxylic acid groups (broad SMARTS) is 1. The number of H-pyrrole nitrogens is 1. The quantitative estimate of drug-likeness (QED) is 0.653. The van der Waals surface area contributed by atoms with Gasteiger partial charge in [0, 0.05) is 4.70 Å². The summed E-state index contributed by atoms with van der Waals surface area (Å²) in [4.78, 5) is 24.4. The molecule has 0 bridgehead atoms. The van der Waals surface area contributed by atoms with E-state index in [-0.39, 0.29) is 9.77 Å². The first-order chi connectivity index (χ1) is 10.3. The minimum absolute atomic E-state index is 0.0331. The second-order valence-corrected chi connectivity index (χ2v) is 7.49. The van der Waals surface area contributed by atoms with Crippen molar-refractivity contribution in [1.82, 2.24) is 8.96 Å². The molecule has 2 heterocycles. The van der Waals surface area contributed by atoms with Gasteiger partial charge in [0.1, 0.15) is 4.21 Å². The van der Waals surface area contributed by atoms with Crippen LogP contribution in [0.3, 0.4) is 0 Å². The van der Waals surface area contributed by atoms with Gasteiger partial charge in [-0.05, 0) is 29.7 Å². The van der Waals surface area contributed by atoms with E-state index in [0.29, 0.717) is 14.1 Å². The molecule has 2 aromatic heterocycles. The minimum Gasteiger partial charge on any atom is -0.493 e. The zero-order valence-corrected chi connectivity index (χ0v) is 12.3.